The zero-order chi connectivity index (χ0) is 18.0. The zero-order valence-corrected chi connectivity index (χ0v) is 14.8. The van der Waals surface area contributed by atoms with E-state index in [4.69, 9.17) is 4.52 Å². The first-order valence-electron chi connectivity index (χ1n) is 8.14. The normalized spacial score (nSPS) is 11.1. The van der Waals surface area contributed by atoms with Crippen LogP contribution in [0.15, 0.2) is 34.9 Å². The standard InChI is InChI=1S/C18H21N5O2/c1-11(2)14-9-15(21-20-14)18(24)23(4)10-16-19-17(22-25-16)13-7-5-6-12(3)8-13/h5-9,11H,10H2,1-4H3,(H,20,21). The molecule has 1 amide bonds. The number of rotatable bonds is 5. The number of aromatic nitrogens is 4. The van der Waals surface area contributed by atoms with Crippen molar-refractivity contribution in [2.24, 2.45) is 0 Å². The Morgan fingerprint density at radius 3 is 2.80 bits per heavy atom. The highest BCUT2D eigenvalue weighted by atomic mass is 16.5. The van der Waals surface area contributed by atoms with Crippen LogP contribution in [0.4, 0.5) is 0 Å². The van der Waals surface area contributed by atoms with Crippen molar-refractivity contribution in [3.8, 4) is 11.4 Å². The highest BCUT2D eigenvalue weighted by Gasteiger charge is 2.19. The maximum absolute atomic E-state index is 12.5. The van der Waals surface area contributed by atoms with Crippen LogP contribution in [0.1, 0.15) is 47.4 Å². The van der Waals surface area contributed by atoms with Gasteiger partial charge in [-0.2, -0.15) is 10.1 Å². The number of H-pyrrole nitrogens is 1. The molecule has 0 aliphatic carbocycles. The summed E-state index contributed by atoms with van der Waals surface area (Å²) in [4.78, 5) is 18.3. The van der Waals surface area contributed by atoms with Gasteiger partial charge in [-0.1, -0.05) is 42.8 Å². The van der Waals surface area contributed by atoms with Gasteiger partial charge in [0.15, 0.2) is 0 Å². The summed E-state index contributed by atoms with van der Waals surface area (Å²) in [6.45, 7) is 6.31. The molecule has 0 aliphatic rings. The number of benzene rings is 1. The second-order valence-corrected chi connectivity index (χ2v) is 6.41. The van der Waals surface area contributed by atoms with Crippen LogP contribution < -0.4 is 0 Å². The minimum atomic E-state index is -0.196. The number of aromatic amines is 1. The Labute approximate surface area is 146 Å². The van der Waals surface area contributed by atoms with Crippen LogP contribution in [-0.4, -0.2) is 38.2 Å². The molecule has 3 rings (SSSR count). The lowest BCUT2D eigenvalue weighted by atomic mass is 10.1. The summed E-state index contributed by atoms with van der Waals surface area (Å²) in [5, 5.41) is 11.0. The number of amides is 1. The van der Waals surface area contributed by atoms with Crippen molar-refractivity contribution in [3.05, 3.63) is 53.2 Å². The molecule has 0 bridgehead atoms. The van der Waals surface area contributed by atoms with E-state index >= 15 is 0 Å². The van der Waals surface area contributed by atoms with Crippen LogP contribution in [0.5, 0.6) is 0 Å². The van der Waals surface area contributed by atoms with E-state index in [9.17, 15) is 4.79 Å². The van der Waals surface area contributed by atoms with Gasteiger partial charge in [-0.25, -0.2) is 0 Å². The third-order valence-electron chi connectivity index (χ3n) is 3.90. The maximum atomic E-state index is 12.5. The van der Waals surface area contributed by atoms with E-state index in [-0.39, 0.29) is 18.4 Å². The number of carbonyl (C=O) groups is 1. The fraction of sp³-hybridized carbons (Fsp3) is 0.333. The molecule has 7 nitrogen and oxygen atoms in total. The molecule has 1 N–H and O–H groups in total. The summed E-state index contributed by atoms with van der Waals surface area (Å²) < 4.78 is 5.28. The lowest BCUT2D eigenvalue weighted by molar-refractivity contribution is 0.0763. The molecule has 0 aliphatic heterocycles. The lowest BCUT2D eigenvalue weighted by Crippen LogP contribution is -2.26. The topological polar surface area (TPSA) is 87.9 Å². The lowest BCUT2D eigenvalue weighted by Gasteiger charge is -2.12. The van der Waals surface area contributed by atoms with Crippen molar-refractivity contribution < 1.29 is 9.32 Å². The first kappa shape index (κ1) is 16.9. The SMILES string of the molecule is Cc1cccc(-c2noc(CN(C)C(=O)c3cc(C(C)C)[nH]n3)n2)c1. The van der Waals surface area contributed by atoms with E-state index in [1.54, 1.807) is 13.1 Å². The Morgan fingerprint density at radius 1 is 1.32 bits per heavy atom. The molecule has 2 aromatic heterocycles. The van der Waals surface area contributed by atoms with Gasteiger partial charge < -0.3 is 9.42 Å². The van der Waals surface area contributed by atoms with Gasteiger partial charge in [-0.3, -0.25) is 9.89 Å². The van der Waals surface area contributed by atoms with E-state index < -0.39 is 0 Å². The van der Waals surface area contributed by atoms with E-state index in [0.29, 0.717) is 17.4 Å². The monoisotopic (exact) mass is 339 g/mol. The van der Waals surface area contributed by atoms with Crippen molar-refractivity contribution in [2.45, 2.75) is 33.2 Å². The van der Waals surface area contributed by atoms with Gasteiger partial charge in [0.25, 0.3) is 5.91 Å². The molecular weight excluding hydrogens is 318 g/mol. The Morgan fingerprint density at radius 2 is 2.12 bits per heavy atom. The largest absolute Gasteiger partial charge is 0.337 e. The number of carbonyl (C=O) groups excluding carboxylic acids is 1. The minimum Gasteiger partial charge on any atom is -0.337 e. The molecule has 2 heterocycles. The van der Waals surface area contributed by atoms with Gasteiger partial charge in [-0.05, 0) is 25.0 Å². The van der Waals surface area contributed by atoms with Crippen molar-refractivity contribution in [2.75, 3.05) is 7.05 Å². The van der Waals surface area contributed by atoms with Crippen molar-refractivity contribution in [3.63, 3.8) is 0 Å². The first-order valence-corrected chi connectivity index (χ1v) is 8.14. The molecule has 0 fully saturated rings. The van der Waals surface area contributed by atoms with Crippen LogP contribution in [-0.2, 0) is 6.54 Å². The molecule has 25 heavy (non-hydrogen) atoms. The van der Waals surface area contributed by atoms with Crippen molar-refractivity contribution in [1.29, 1.82) is 0 Å². The maximum Gasteiger partial charge on any atom is 0.274 e. The molecule has 1 aromatic carbocycles. The average Bonchev–Trinajstić information content (AvgIpc) is 3.23. The predicted octanol–water partition coefficient (Wildman–Crippen LogP) is 3.16. The third-order valence-corrected chi connectivity index (χ3v) is 3.90. The highest BCUT2D eigenvalue weighted by molar-refractivity contribution is 5.92. The smallest absolute Gasteiger partial charge is 0.274 e. The summed E-state index contributed by atoms with van der Waals surface area (Å²) in [6, 6.07) is 9.64. The molecule has 7 heteroatoms. The summed E-state index contributed by atoms with van der Waals surface area (Å²) >= 11 is 0. The Bertz CT molecular complexity index is 881. The first-order chi connectivity index (χ1) is 11.9. The van der Waals surface area contributed by atoms with Gasteiger partial charge >= 0.3 is 0 Å². The molecule has 0 spiro atoms. The number of hydrogen-bond acceptors (Lipinski definition) is 5. The number of nitrogens with one attached hydrogen (secondary N) is 1. The van der Waals surface area contributed by atoms with E-state index in [2.05, 4.69) is 20.3 Å². The summed E-state index contributed by atoms with van der Waals surface area (Å²) in [5.41, 5.74) is 3.31. The fourth-order valence-corrected chi connectivity index (χ4v) is 2.43. The quantitative estimate of drug-likeness (QED) is 0.771. The molecule has 0 radical (unpaired) electrons. The van der Waals surface area contributed by atoms with E-state index in [1.807, 2.05) is 45.0 Å². The van der Waals surface area contributed by atoms with E-state index in [0.717, 1.165) is 16.8 Å². The molecule has 0 saturated heterocycles. The van der Waals surface area contributed by atoms with Crippen molar-refractivity contribution in [1.82, 2.24) is 25.2 Å². The Balaban J connectivity index is 1.70. The van der Waals surface area contributed by atoms with E-state index in [1.165, 1.54) is 4.90 Å². The highest BCUT2D eigenvalue weighted by Crippen LogP contribution is 2.18. The molecule has 0 atom stereocenters. The molecule has 130 valence electrons. The molecule has 0 unspecified atom stereocenters. The minimum absolute atomic E-state index is 0.196. The molecular formula is C18H21N5O2. The van der Waals surface area contributed by atoms with Gasteiger partial charge in [0.2, 0.25) is 11.7 Å². The van der Waals surface area contributed by atoms with Crippen LogP contribution in [0.3, 0.4) is 0 Å². The van der Waals surface area contributed by atoms with Gasteiger partial charge in [0.1, 0.15) is 12.2 Å². The summed E-state index contributed by atoms with van der Waals surface area (Å²) in [7, 11) is 1.68. The van der Waals surface area contributed by atoms with Crippen LogP contribution in [0.25, 0.3) is 11.4 Å². The van der Waals surface area contributed by atoms with Crippen LogP contribution in [0, 0.1) is 6.92 Å². The van der Waals surface area contributed by atoms with Gasteiger partial charge in [-0.15, -0.1) is 0 Å². The summed E-state index contributed by atoms with van der Waals surface area (Å²) in [5.74, 6) is 0.985. The number of nitrogens with zero attached hydrogens (tertiary/aromatic N) is 4. The van der Waals surface area contributed by atoms with Crippen molar-refractivity contribution >= 4 is 5.91 Å². The second-order valence-electron chi connectivity index (χ2n) is 6.41. The van der Waals surface area contributed by atoms with Crippen LogP contribution >= 0.6 is 0 Å². The fourth-order valence-electron chi connectivity index (χ4n) is 2.43. The van der Waals surface area contributed by atoms with Gasteiger partial charge in [0.05, 0.1) is 0 Å². The zero-order valence-electron chi connectivity index (χ0n) is 14.8. The predicted molar refractivity (Wildman–Crippen MR) is 92.9 cm³/mol. The summed E-state index contributed by atoms with van der Waals surface area (Å²) in [6.07, 6.45) is 0. The Kier molecular flexibility index (Phi) is 4.65. The number of aryl methyl sites for hydroxylation is 1. The van der Waals surface area contributed by atoms with Gasteiger partial charge in [0, 0.05) is 18.3 Å². The molecule has 3 aromatic rings. The third kappa shape index (κ3) is 3.76. The number of hydrogen-bond donors (Lipinski definition) is 1. The average molecular weight is 339 g/mol. The van der Waals surface area contributed by atoms with Crippen LogP contribution in [0.2, 0.25) is 0 Å². The second kappa shape index (κ2) is 6.88. The Hall–Kier alpha value is -2.96. The molecule has 0 saturated carbocycles.